The first kappa shape index (κ1) is 21.5. The molecule has 1 aromatic heterocycles. The summed E-state index contributed by atoms with van der Waals surface area (Å²) < 4.78 is 28.4. The van der Waals surface area contributed by atoms with Gasteiger partial charge in [-0.1, -0.05) is 42.5 Å². The van der Waals surface area contributed by atoms with Gasteiger partial charge in [-0.2, -0.15) is 0 Å². The van der Waals surface area contributed by atoms with Gasteiger partial charge in [0.1, 0.15) is 0 Å². The van der Waals surface area contributed by atoms with Gasteiger partial charge in [-0.3, -0.25) is 4.79 Å². The third kappa shape index (κ3) is 6.40. The number of aromatic nitrogens is 2. The van der Waals surface area contributed by atoms with E-state index in [1.54, 1.807) is 12.5 Å². The maximum absolute atomic E-state index is 12.2. The highest BCUT2D eigenvalue weighted by Gasteiger charge is 2.11. The molecule has 2 aromatic carbocycles. The molecule has 7 nitrogen and oxygen atoms in total. The van der Waals surface area contributed by atoms with Crippen LogP contribution in [-0.4, -0.2) is 30.4 Å². The third-order valence-electron chi connectivity index (χ3n) is 4.47. The lowest BCUT2D eigenvalue weighted by molar-refractivity contribution is -0.121. The minimum atomic E-state index is -3.60. The number of sulfonamides is 1. The lowest BCUT2D eigenvalue weighted by atomic mass is 10.1. The number of imidazole rings is 1. The van der Waals surface area contributed by atoms with Crippen molar-refractivity contribution in [3.63, 3.8) is 0 Å². The van der Waals surface area contributed by atoms with Crippen molar-refractivity contribution in [2.75, 3.05) is 6.54 Å². The average Bonchev–Trinajstić information content (AvgIpc) is 3.28. The summed E-state index contributed by atoms with van der Waals surface area (Å²) in [6.45, 7) is 1.91. The monoisotopic (exact) mass is 424 g/mol. The van der Waals surface area contributed by atoms with Gasteiger partial charge in [-0.15, -0.1) is 0 Å². The number of nitrogens with one attached hydrogen (secondary N) is 2. The minimum Gasteiger partial charge on any atom is -0.350 e. The number of hydrogen-bond acceptors (Lipinski definition) is 4. The molecule has 156 valence electrons. The lowest BCUT2D eigenvalue weighted by Crippen LogP contribution is -2.31. The molecular weight excluding hydrogens is 400 g/mol. The second-order valence-corrected chi connectivity index (χ2v) is 8.40. The first-order valence-electron chi connectivity index (χ1n) is 9.53. The quantitative estimate of drug-likeness (QED) is 0.552. The van der Waals surface area contributed by atoms with Crippen LogP contribution in [0.4, 0.5) is 0 Å². The highest BCUT2D eigenvalue weighted by molar-refractivity contribution is 7.92. The fraction of sp³-hybridized carbons (Fsp3) is 0.182. The van der Waals surface area contributed by atoms with Gasteiger partial charge < -0.3 is 9.88 Å². The molecule has 1 amide bonds. The fourth-order valence-corrected chi connectivity index (χ4v) is 3.65. The summed E-state index contributed by atoms with van der Waals surface area (Å²) in [5, 5.41) is 3.99. The summed E-state index contributed by atoms with van der Waals surface area (Å²) in [5.41, 5.74) is 2.72. The zero-order valence-corrected chi connectivity index (χ0v) is 17.4. The van der Waals surface area contributed by atoms with Crippen LogP contribution in [-0.2, 0) is 14.8 Å². The van der Waals surface area contributed by atoms with Crippen LogP contribution in [0.25, 0.3) is 11.8 Å². The van der Waals surface area contributed by atoms with Gasteiger partial charge in [0, 0.05) is 36.5 Å². The van der Waals surface area contributed by atoms with Crippen LogP contribution in [0, 0.1) is 0 Å². The van der Waals surface area contributed by atoms with Gasteiger partial charge in [0.25, 0.3) is 0 Å². The van der Waals surface area contributed by atoms with Crippen LogP contribution < -0.4 is 10.0 Å². The Labute approximate surface area is 176 Å². The van der Waals surface area contributed by atoms with Crippen molar-refractivity contribution in [3.8, 4) is 5.69 Å². The molecule has 1 heterocycles. The van der Waals surface area contributed by atoms with Crippen molar-refractivity contribution in [1.29, 1.82) is 0 Å². The summed E-state index contributed by atoms with van der Waals surface area (Å²) in [6.07, 6.45) is 6.85. The molecule has 1 unspecified atom stereocenters. The van der Waals surface area contributed by atoms with E-state index in [9.17, 15) is 13.2 Å². The molecule has 0 spiro atoms. The smallest absolute Gasteiger partial charge is 0.233 e. The average molecular weight is 425 g/mol. The van der Waals surface area contributed by atoms with Crippen molar-refractivity contribution in [2.45, 2.75) is 19.4 Å². The van der Waals surface area contributed by atoms with Crippen molar-refractivity contribution >= 4 is 22.0 Å². The van der Waals surface area contributed by atoms with E-state index in [0.717, 1.165) is 22.2 Å². The van der Waals surface area contributed by atoms with E-state index in [0.29, 0.717) is 0 Å². The van der Waals surface area contributed by atoms with Crippen LogP contribution in [0.2, 0.25) is 0 Å². The van der Waals surface area contributed by atoms with E-state index in [4.69, 9.17) is 0 Å². The Morgan fingerprint density at radius 2 is 1.87 bits per heavy atom. The first-order chi connectivity index (χ1) is 14.4. The Bertz CT molecular complexity index is 1080. The molecule has 8 heteroatoms. The molecule has 0 bridgehead atoms. The molecular formula is C22H24N4O3S. The molecule has 0 aliphatic carbocycles. The van der Waals surface area contributed by atoms with Crippen LogP contribution in [0.1, 0.15) is 30.5 Å². The van der Waals surface area contributed by atoms with Crippen LogP contribution in [0.5, 0.6) is 0 Å². The predicted molar refractivity (Wildman–Crippen MR) is 117 cm³/mol. The molecule has 0 fully saturated rings. The lowest BCUT2D eigenvalue weighted by Gasteiger charge is -2.15. The van der Waals surface area contributed by atoms with Crippen LogP contribution in [0.15, 0.2) is 78.7 Å². The molecule has 0 radical (unpaired) electrons. The highest BCUT2D eigenvalue weighted by Crippen LogP contribution is 2.15. The number of carbonyl (C=O) groups is 1. The number of benzene rings is 2. The van der Waals surface area contributed by atoms with Gasteiger partial charge in [-0.25, -0.2) is 18.1 Å². The van der Waals surface area contributed by atoms with E-state index in [1.165, 1.54) is 6.08 Å². The topological polar surface area (TPSA) is 93.1 Å². The number of nitrogens with zero attached hydrogens (tertiary/aromatic N) is 2. The van der Waals surface area contributed by atoms with Crippen LogP contribution in [0.3, 0.4) is 0 Å². The van der Waals surface area contributed by atoms with Crippen molar-refractivity contribution < 1.29 is 13.2 Å². The molecule has 0 aliphatic rings. The van der Waals surface area contributed by atoms with Gasteiger partial charge in [0.15, 0.2) is 0 Å². The first-order valence-corrected chi connectivity index (χ1v) is 11.1. The predicted octanol–water partition coefficient (Wildman–Crippen LogP) is 3.03. The van der Waals surface area contributed by atoms with E-state index in [-0.39, 0.29) is 24.9 Å². The summed E-state index contributed by atoms with van der Waals surface area (Å²) in [7, 11) is -3.60. The molecule has 1 atom stereocenters. The molecule has 3 rings (SSSR count). The fourth-order valence-electron chi connectivity index (χ4n) is 2.83. The van der Waals surface area contributed by atoms with Gasteiger partial charge in [0.05, 0.1) is 12.4 Å². The summed E-state index contributed by atoms with van der Waals surface area (Å²) in [4.78, 5) is 16.2. The van der Waals surface area contributed by atoms with E-state index in [1.807, 2.05) is 72.3 Å². The largest absolute Gasteiger partial charge is 0.350 e. The van der Waals surface area contributed by atoms with E-state index in [2.05, 4.69) is 15.0 Å². The zero-order valence-electron chi connectivity index (χ0n) is 16.6. The molecule has 2 N–H and O–H groups in total. The number of rotatable bonds is 9. The number of amides is 1. The SMILES string of the molecule is CC(NC(=O)CCNS(=O)(=O)/C=C/c1ccccc1)c1ccc(-n2ccnc2)cc1. The summed E-state index contributed by atoms with van der Waals surface area (Å²) in [6, 6.07) is 16.7. The van der Waals surface area contributed by atoms with Crippen LogP contribution >= 0.6 is 0 Å². The second kappa shape index (κ2) is 10.00. The Hall–Kier alpha value is -3.23. The minimum absolute atomic E-state index is 0.0274. The normalized spacial score (nSPS) is 12.7. The zero-order chi connectivity index (χ0) is 21.4. The Balaban J connectivity index is 1.45. The standard InChI is InChI=1S/C22H24N4O3S/c1-18(20-7-9-21(10-8-20)26-15-14-23-17-26)25-22(27)11-13-24-30(28,29)16-12-19-5-3-2-4-6-19/h2-10,12,14-18,24H,11,13H2,1H3,(H,25,27)/b16-12+. The summed E-state index contributed by atoms with van der Waals surface area (Å²) >= 11 is 0. The highest BCUT2D eigenvalue weighted by atomic mass is 32.2. The number of hydrogen-bond donors (Lipinski definition) is 2. The number of carbonyl (C=O) groups excluding carboxylic acids is 1. The van der Waals surface area contributed by atoms with Gasteiger partial charge >= 0.3 is 0 Å². The van der Waals surface area contributed by atoms with Gasteiger partial charge in [-0.05, 0) is 36.3 Å². The third-order valence-corrected chi connectivity index (χ3v) is 5.57. The Morgan fingerprint density at radius 1 is 1.13 bits per heavy atom. The molecule has 0 saturated heterocycles. The molecule has 0 saturated carbocycles. The molecule has 0 aliphatic heterocycles. The molecule has 3 aromatic rings. The van der Waals surface area contributed by atoms with Crippen molar-refractivity contribution in [1.82, 2.24) is 19.6 Å². The van der Waals surface area contributed by atoms with E-state index >= 15 is 0 Å². The van der Waals surface area contributed by atoms with Gasteiger partial charge in [0.2, 0.25) is 15.9 Å². The van der Waals surface area contributed by atoms with Crippen molar-refractivity contribution in [2.24, 2.45) is 0 Å². The van der Waals surface area contributed by atoms with Crippen molar-refractivity contribution in [3.05, 3.63) is 89.9 Å². The maximum Gasteiger partial charge on any atom is 0.233 e. The maximum atomic E-state index is 12.2. The Kier molecular flexibility index (Phi) is 7.16. The summed E-state index contributed by atoms with van der Waals surface area (Å²) in [5.74, 6) is -0.226. The van der Waals surface area contributed by atoms with E-state index < -0.39 is 10.0 Å². The second-order valence-electron chi connectivity index (χ2n) is 6.75. The molecule has 30 heavy (non-hydrogen) atoms. The Morgan fingerprint density at radius 3 is 2.53 bits per heavy atom.